The molecule has 2 N–H and O–H groups in total. The molecule has 0 aliphatic rings. The lowest BCUT2D eigenvalue weighted by molar-refractivity contribution is 0.252. The summed E-state index contributed by atoms with van der Waals surface area (Å²) in [4.78, 5) is 11.5. The summed E-state index contributed by atoms with van der Waals surface area (Å²) >= 11 is 3.33. The first-order valence-electron chi connectivity index (χ1n) is 5.65. The molecule has 2 aromatic carbocycles. The summed E-state index contributed by atoms with van der Waals surface area (Å²) in [6, 6.07) is 16.4. The zero-order valence-electron chi connectivity index (χ0n) is 10.0. The number of nitrogens with one attached hydrogen (secondary N) is 2. The average molecular weight is 318 g/mol. The molecule has 0 saturated carbocycles. The van der Waals surface area contributed by atoms with E-state index in [0.717, 1.165) is 10.0 Å². The van der Waals surface area contributed by atoms with Crippen LogP contribution < -0.4 is 10.7 Å². The van der Waals surface area contributed by atoms with Crippen molar-refractivity contribution in [3.63, 3.8) is 0 Å². The first-order valence-corrected chi connectivity index (χ1v) is 6.44. The topological polar surface area (TPSA) is 53.5 Å². The Labute approximate surface area is 119 Å². The molecule has 0 radical (unpaired) electrons. The summed E-state index contributed by atoms with van der Waals surface area (Å²) in [5.74, 6) is 0. The van der Waals surface area contributed by atoms with Crippen molar-refractivity contribution >= 4 is 33.9 Å². The van der Waals surface area contributed by atoms with Crippen LogP contribution in [0.25, 0.3) is 0 Å². The van der Waals surface area contributed by atoms with E-state index in [0.29, 0.717) is 5.69 Å². The molecule has 5 heteroatoms. The summed E-state index contributed by atoms with van der Waals surface area (Å²) in [5.41, 5.74) is 4.03. The lowest BCUT2D eigenvalue weighted by Gasteiger charge is -2.03. The predicted molar refractivity (Wildman–Crippen MR) is 80.3 cm³/mol. The maximum Gasteiger partial charge on any atom is 0.339 e. The number of carbonyl (C=O) groups excluding carboxylic acids is 1. The highest BCUT2D eigenvalue weighted by Crippen LogP contribution is 2.13. The van der Waals surface area contributed by atoms with Gasteiger partial charge in [0.1, 0.15) is 0 Å². The Kier molecular flexibility index (Phi) is 4.69. The number of carbonyl (C=O) groups is 1. The summed E-state index contributed by atoms with van der Waals surface area (Å²) in [6.45, 7) is 0. The van der Waals surface area contributed by atoms with Gasteiger partial charge in [-0.15, -0.1) is 0 Å². The largest absolute Gasteiger partial charge is 0.339 e. The van der Waals surface area contributed by atoms with Gasteiger partial charge in [-0.1, -0.05) is 46.3 Å². The van der Waals surface area contributed by atoms with Gasteiger partial charge >= 0.3 is 6.03 Å². The molecular weight excluding hydrogens is 306 g/mol. The summed E-state index contributed by atoms with van der Waals surface area (Å²) in [6.07, 6.45) is 1.58. The van der Waals surface area contributed by atoms with E-state index >= 15 is 0 Å². The van der Waals surface area contributed by atoms with Crippen LogP contribution in [0.5, 0.6) is 0 Å². The number of amides is 2. The third kappa shape index (κ3) is 4.56. The SMILES string of the molecule is O=C(N/N=C/c1ccccc1)Nc1ccc(Br)cc1. The fraction of sp³-hybridized carbons (Fsp3) is 0. The van der Waals surface area contributed by atoms with Crippen molar-refractivity contribution in [2.45, 2.75) is 0 Å². The quantitative estimate of drug-likeness (QED) is 0.659. The Morgan fingerprint density at radius 1 is 1.05 bits per heavy atom. The third-order valence-corrected chi connectivity index (χ3v) is 2.81. The van der Waals surface area contributed by atoms with Crippen LogP contribution >= 0.6 is 15.9 Å². The summed E-state index contributed by atoms with van der Waals surface area (Å²) in [5, 5.41) is 6.53. The lowest BCUT2D eigenvalue weighted by atomic mass is 10.2. The summed E-state index contributed by atoms with van der Waals surface area (Å²) < 4.78 is 0.959. The molecule has 0 aliphatic carbocycles. The number of hydrogen-bond acceptors (Lipinski definition) is 2. The van der Waals surface area contributed by atoms with Gasteiger partial charge in [0, 0.05) is 10.2 Å². The monoisotopic (exact) mass is 317 g/mol. The number of hydrazone groups is 1. The van der Waals surface area contributed by atoms with Gasteiger partial charge in [-0.2, -0.15) is 5.10 Å². The molecule has 2 aromatic rings. The van der Waals surface area contributed by atoms with Gasteiger partial charge in [0.05, 0.1) is 6.21 Å². The van der Waals surface area contributed by atoms with E-state index < -0.39 is 0 Å². The number of halogens is 1. The number of anilines is 1. The smallest absolute Gasteiger partial charge is 0.307 e. The standard InChI is InChI=1S/C14H12BrN3O/c15-12-6-8-13(9-7-12)17-14(19)18-16-10-11-4-2-1-3-5-11/h1-10H,(H2,17,18,19)/b16-10+. The van der Waals surface area contributed by atoms with Gasteiger partial charge in [-0.25, -0.2) is 10.2 Å². The second-order valence-corrected chi connectivity index (χ2v) is 4.66. The second-order valence-electron chi connectivity index (χ2n) is 3.74. The molecule has 0 atom stereocenters. The fourth-order valence-corrected chi connectivity index (χ4v) is 1.66. The van der Waals surface area contributed by atoms with Crippen molar-refractivity contribution in [2.24, 2.45) is 5.10 Å². The van der Waals surface area contributed by atoms with Gasteiger partial charge < -0.3 is 5.32 Å². The molecule has 2 rings (SSSR count). The Morgan fingerprint density at radius 3 is 2.42 bits per heavy atom. The highest BCUT2D eigenvalue weighted by molar-refractivity contribution is 9.10. The van der Waals surface area contributed by atoms with Crippen LogP contribution in [0.1, 0.15) is 5.56 Å². The minimum Gasteiger partial charge on any atom is -0.307 e. The van der Waals surface area contributed by atoms with E-state index in [1.807, 2.05) is 42.5 Å². The van der Waals surface area contributed by atoms with Gasteiger partial charge in [-0.05, 0) is 29.8 Å². The van der Waals surface area contributed by atoms with Crippen LogP contribution in [-0.4, -0.2) is 12.2 Å². The molecule has 0 unspecified atom stereocenters. The molecular formula is C14H12BrN3O. The van der Waals surface area contributed by atoms with Crippen molar-refractivity contribution < 1.29 is 4.79 Å². The highest BCUT2D eigenvalue weighted by atomic mass is 79.9. The minimum absolute atomic E-state index is 0.380. The van der Waals surface area contributed by atoms with E-state index in [1.165, 1.54) is 0 Å². The van der Waals surface area contributed by atoms with Gasteiger partial charge in [0.15, 0.2) is 0 Å². The summed E-state index contributed by atoms with van der Waals surface area (Å²) in [7, 11) is 0. The Balaban J connectivity index is 1.85. The molecule has 0 heterocycles. The van der Waals surface area contributed by atoms with Crippen molar-refractivity contribution in [3.05, 3.63) is 64.6 Å². The average Bonchev–Trinajstić information content (AvgIpc) is 2.43. The predicted octanol–water partition coefficient (Wildman–Crippen LogP) is 3.60. The molecule has 0 aliphatic heterocycles. The molecule has 0 aromatic heterocycles. The van der Waals surface area contributed by atoms with Crippen LogP contribution in [0.15, 0.2) is 64.2 Å². The maximum atomic E-state index is 11.5. The third-order valence-electron chi connectivity index (χ3n) is 2.28. The number of urea groups is 1. The highest BCUT2D eigenvalue weighted by Gasteiger charge is 1.98. The van der Waals surface area contributed by atoms with Crippen molar-refractivity contribution in [1.82, 2.24) is 5.43 Å². The van der Waals surface area contributed by atoms with Gasteiger partial charge in [0.25, 0.3) is 0 Å². The van der Waals surface area contributed by atoms with E-state index in [4.69, 9.17) is 0 Å². The molecule has 2 amide bonds. The molecule has 4 nitrogen and oxygen atoms in total. The van der Waals surface area contributed by atoms with Crippen molar-refractivity contribution in [3.8, 4) is 0 Å². The molecule has 96 valence electrons. The van der Waals surface area contributed by atoms with Crippen LogP contribution in [0, 0.1) is 0 Å². The first kappa shape index (κ1) is 13.3. The Bertz CT molecular complexity index is 567. The Hall–Kier alpha value is -2.14. The van der Waals surface area contributed by atoms with Gasteiger partial charge in [-0.3, -0.25) is 0 Å². The van der Waals surface area contributed by atoms with Crippen LogP contribution in [0.3, 0.4) is 0 Å². The number of nitrogens with zero attached hydrogens (tertiary/aromatic N) is 1. The van der Waals surface area contributed by atoms with Crippen molar-refractivity contribution in [1.29, 1.82) is 0 Å². The molecule has 0 spiro atoms. The zero-order valence-corrected chi connectivity index (χ0v) is 11.6. The molecule has 19 heavy (non-hydrogen) atoms. The first-order chi connectivity index (χ1) is 9.24. The van der Waals surface area contributed by atoms with Crippen LogP contribution in [0.4, 0.5) is 10.5 Å². The van der Waals surface area contributed by atoms with E-state index in [9.17, 15) is 4.79 Å². The lowest BCUT2D eigenvalue weighted by Crippen LogP contribution is -2.24. The van der Waals surface area contributed by atoms with E-state index in [2.05, 4.69) is 31.8 Å². The number of benzene rings is 2. The Morgan fingerprint density at radius 2 is 1.74 bits per heavy atom. The molecule has 0 saturated heterocycles. The normalized spacial score (nSPS) is 10.4. The molecule has 0 fully saturated rings. The number of rotatable bonds is 3. The van der Waals surface area contributed by atoms with Crippen LogP contribution in [-0.2, 0) is 0 Å². The zero-order chi connectivity index (χ0) is 13.5. The minimum atomic E-state index is -0.380. The maximum absolute atomic E-state index is 11.5. The second kappa shape index (κ2) is 6.70. The van der Waals surface area contributed by atoms with E-state index in [1.54, 1.807) is 18.3 Å². The van der Waals surface area contributed by atoms with Crippen molar-refractivity contribution in [2.75, 3.05) is 5.32 Å². The van der Waals surface area contributed by atoms with Crippen LogP contribution in [0.2, 0.25) is 0 Å². The van der Waals surface area contributed by atoms with Gasteiger partial charge in [0.2, 0.25) is 0 Å². The molecule has 0 bridgehead atoms. The fourth-order valence-electron chi connectivity index (χ4n) is 1.40. The number of hydrogen-bond donors (Lipinski definition) is 2. The van der Waals surface area contributed by atoms with E-state index in [-0.39, 0.29) is 6.03 Å².